The molecule has 1 aromatic carbocycles. The fourth-order valence-electron chi connectivity index (χ4n) is 2.66. The molecule has 0 aliphatic heterocycles. The van der Waals surface area contributed by atoms with E-state index < -0.39 is 23.0 Å². The maximum atomic E-state index is 11.9. The average molecular weight is 367 g/mol. The van der Waals surface area contributed by atoms with Gasteiger partial charge in [-0.25, -0.2) is 9.97 Å². The molecule has 2 aromatic heterocycles. The van der Waals surface area contributed by atoms with Gasteiger partial charge in [0.2, 0.25) is 17.1 Å². The summed E-state index contributed by atoms with van der Waals surface area (Å²) in [5.41, 5.74) is 5.35. The Morgan fingerprint density at radius 3 is 2.70 bits per heavy atom. The molecule has 1 amide bonds. The first kappa shape index (κ1) is 18.1. The van der Waals surface area contributed by atoms with Gasteiger partial charge in [-0.2, -0.15) is 0 Å². The van der Waals surface area contributed by atoms with Crippen molar-refractivity contribution in [1.29, 1.82) is 0 Å². The molecule has 3 rings (SSSR count). The summed E-state index contributed by atoms with van der Waals surface area (Å²) in [5.74, 6) is -1.21. The van der Waals surface area contributed by atoms with Crippen LogP contribution in [0.3, 0.4) is 0 Å². The van der Waals surface area contributed by atoms with Crippen molar-refractivity contribution in [1.82, 2.24) is 9.97 Å². The fourth-order valence-corrected chi connectivity index (χ4v) is 2.66. The lowest BCUT2D eigenvalue weighted by molar-refractivity contribution is -0.118. The Morgan fingerprint density at radius 1 is 1.26 bits per heavy atom. The molecule has 138 valence electrons. The van der Waals surface area contributed by atoms with Gasteiger partial charge in [0.15, 0.2) is 5.76 Å². The van der Waals surface area contributed by atoms with Gasteiger partial charge in [0.05, 0.1) is 5.92 Å². The molecule has 2 heterocycles. The number of primary amides is 1. The fraction of sp³-hybridized carbons (Fsp3) is 0.158. The van der Waals surface area contributed by atoms with Crippen LogP contribution in [0.1, 0.15) is 29.4 Å². The second-order valence-corrected chi connectivity index (χ2v) is 5.86. The predicted octanol–water partition coefficient (Wildman–Crippen LogP) is 2.24. The number of benzene rings is 1. The predicted molar refractivity (Wildman–Crippen MR) is 95.6 cm³/mol. The van der Waals surface area contributed by atoms with E-state index in [-0.39, 0.29) is 18.2 Å². The van der Waals surface area contributed by atoms with Crippen molar-refractivity contribution in [2.75, 3.05) is 0 Å². The van der Waals surface area contributed by atoms with Crippen LogP contribution in [0.5, 0.6) is 17.5 Å². The number of amides is 1. The summed E-state index contributed by atoms with van der Waals surface area (Å²) in [7, 11) is 0. The largest absolute Gasteiger partial charge is 0.502 e. The molecule has 1 atom stereocenters. The van der Waals surface area contributed by atoms with Crippen LogP contribution >= 0.6 is 0 Å². The first-order valence-corrected chi connectivity index (χ1v) is 8.11. The molecule has 3 N–H and O–H groups in total. The van der Waals surface area contributed by atoms with Crippen LogP contribution in [0.25, 0.3) is 0 Å². The maximum Gasteiger partial charge on any atom is 0.321 e. The summed E-state index contributed by atoms with van der Waals surface area (Å²) in [4.78, 5) is 31.5. The van der Waals surface area contributed by atoms with Crippen LogP contribution in [0.4, 0.5) is 0 Å². The molecule has 0 fully saturated rings. The summed E-state index contributed by atoms with van der Waals surface area (Å²) in [5, 5.41) is 10.2. The minimum atomic E-state index is -0.754. The minimum Gasteiger partial charge on any atom is -0.502 e. The lowest BCUT2D eigenvalue weighted by Crippen LogP contribution is -2.18. The Morgan fingerprint density at radius 2 is 2.00 bits per heavy atom. The number of nitrogens with two attached hydrogens (primary N) is 1. The van der Waals surface area contributed by atoms with Gasteiger partial charge in [-0.05, 0) is 30.7 Å². The van der Waals surface area contributed by atoms with Gasteiger partial charge in [-0.3, -0.25) is 9.59 Å². The maximum absolute atomic E-state index is 11.9. The van der Waals surface area contributed by atoms with Crippen LogP contribution in [0, 0.1) is 6.92 Å². The van der Waals surface area contributed by atoms with E-state index in [4.69, 9.17) is 14.9 Å². The molecule has 0 aliphatic carbocycles. The van der Waals surface area contributed by atoms with Crippen molar-refractivity contribution in [2.24, 2.45) is 5.73 Å². The van der Waals surface area contributed by atoms with E-state index in [2.05, 4.69) is 9.97 Å². The Balaban J connectivity index is 2.03. The van der Waals surface area contributed by atoms with Crippen LogP contribution < -0.4 is 15.9 Å². The summed E-state index contributed by atoms with van der Waals surface area (Å²) < 4.78 is 11.1. The van der Waals surface area contributed by atoms with Crippen molar-refractivity contribution in [3.05, 3.63) is 76.1 Å². The van der Waals surface area contributed by atoms with Crippen molar-refractivity contribution in [2.45, 2.75) is 19.3 Å². The third-order valence-electron chi connectivity index (χ3n) is 3.81. The van der Waals surface area contributed by atoms with Crippen molar-refractivity contribution in [3.63, 3.8) is 0 Å². The van der Waals surface area contributed by atoms with Crippen LogP contribution in [-0.4, -0.2) is 21.0 Å². The molecular formula is C19H17N3O5. The molecule has 0 spiro atoms. The number of aryl methyl sites for hydroxylation is 1. The topological polar surface area (TPSA) is 129 Å². The van der Waals surface area contributed by atoms with Gasteiger partial charge in [-0.1, -0.05) is 12.1 Å². The smallest absolute Gasteiger partial charge is 0.321 e. The molecule has 3 aromatic rings. The zero-order chi connectivity index (χ0) is 19.4. The monoisotopic (exact) mass is 367 g/mol. The molecule has 27 heavy (non-hydrogen) atoms. The van der Waals surface area contributed by atoms with E-state index in [1.807, 2.05) is 0 Å². The van der Waals surface area contributed by atoms with E-state index in [1.54, 1.807) is 49.6 Å². The van der Waals surface area contributed by atoms with Gasteiger partial charge in [0.1, 0.15) is 11.5 Å². The van der Waals surface area contributed by atoms with Crippen LogP contribution in [-0.2, 0) is 4.79 Å². The van der Waals surface area contributed by atoms with E-state index in [0.29, 0.717) is 17.1 Å². The van der Waals surface area contributed by atoms with Crippen LogP contribution in [0.15, 0.2) is 58.0 Å². The third kappa shape index (κ3) is 4.30. The van der Waals surface area contributed by atoms with E-state index in [0.717, 1.165) is 0 Å². The van der Waals surface area contributed by atoms with Crippen molar-refractivity contribution >= 4 is 5.91 Å². The van der Waals surface area contributed by atoms with Crippen molar-refractivity contribution < 1.29 is 19.1 Å². The van der Waals surface area contributed by atoms with E-state index in [1.165, 1.54) is 6.07 Å². The lowest BCUT2D eigenvalue weighted by atomic mass is 9.91. The Kier molecular flexibility index (Phi) is 5.16. The SMILES string of the molecule is Cc1cc(=O)c(O)c(C(CC(N)=O)c2cccc(Oc3ncccn3)c2)o1. The number of hydrogen-bond donors (Lipinski definition) is 2. The molecule has 0 aliphatic rings. The molecular weight excluding hydrogens is 350 g/mol. The summed E-state index contributed by atoms with van der Waals surface area (Å²) in [6.07, 6.45) is 2.92. The first-order chi connectivity index (χ1) is 12.9. The molecule has 0 saturated heterocycles. The number of carbonyl (C=O) groups excluding carboxylic acids is 1. The summed E-state index contributed by atoms with van der Waals surface area (Å²) >= 11 is 0. The second kappa shape index (κ2) is 7.69. The van der Waals surface area contributed by atoms with Gasteiger partial charge in [0, 0.05) is 24.9 Å². The Labute approximate surface area is 154 Å². The van der Waals surface area contributed by atoms with Gasteiger partial charge >= 0.3 is 6.01 Å². The highest BCUT2D eigenvalue weighted by Gasteiger charge is 2.25. The number of aromatic hydroxyl groups is 1. The molecule has 0 saturated carbocycles. The normalized spacial score (nSPS) is 11.7. The number of aromatic nitrogens is 2. The molecule has 8 nitrogen and oxygen atoms in total. The number of nitrogens with zero attached hydrogens (tertiary/aromatic N) is 2. The molecule has 0 bridgehead atoms. The quantitative estimate of drug-likeness (QED) is 0.683. The minimum absolute atomic E-state index is 0.0214. The third-order valence-corrected chi connectivity index (χ3v) is 3.81. The molecule has 0 radical (unpaired) electrons. The van der Waals surface area contributed by atoms with E-state index >= 15 is 0 Å². The Hall–Kier alpha value is -3.68. The lowest BCUT2D eigenvalue weighted by Gasteiger charge is -2.17. The van der Waals surface area contributed by atoms with Gasteiger partial charge in [0.25, 0.3) is 0 Å². The number of carbonyl (C=O) groups is 1. The standard InChI is InChI=1S/C19H17N3O5/c1-11-8-15(23)17(25)18(26-11)14(10-16(20)24)12-4-2-5-13(9-12)27-19-21-6-3-7-22-19/h2-9,14,25H,10H2,1H3,(H2,20,24). The Bertz CT molecular complexity index is 1020. The van der Waals surface area contributed by atoms with Crippen LogP contribution in [0.2, 0.25) is 0 Å². The second-order valence-electron chi connectivity index (χ2n) is 5.86. The van der Waals surface area contributed by atoms with Gasteiger partial charge < -0.3 is 20.0 Å². The highest BCUT2D eigenvalue weighted by molar-refractivity contribution is 5.75. The highest BCUT2D eigenvalue weighted by Crippen LogP contribution is 2.34. The number of rotatable bonds is 6. The molecule has 8 heteroatoms. The van der Waals surface area contributed by atoms with Gasteiger partial charge in [-0.15, -0.1) is 0 Å². The summed E-state index contributed by atoms with van der Waals surface area (Å²) in [6.45, 7) is 1.58. The molecule has 1 unspecified atom stereocenters. The van der Waals surface area contributed by atoms with Crippen molar-refractivity contribution in [3.8, 4) is 17.5 Å². The summed E-state index contributed by atoms with van der Waals surface area (Å²) in [6, 6.07) is 9.74. The highest BCUT2D eigenvalue weighted by atomic mass is 16.5. The zero-order valence-electron chi connectivity index (χ0n) is 14.5. The average Bonchev–Trinajstić information content (AvgIpc) is 2.64. The number of ether oxygens (including phenoxy) is 1. The number of hydrogen-bond acceptors (Lipinski definition) is 7. The zero-order valence-corrected chi connectivity index (χ0v) is 14.5. The first-order valence-electron chi connectivity index (χ1n) is 8.11. The van der Waals surface area contributed by atoms with E-state index in [9.17, 15) is 14.7 Å².